The highest BCUT2D eigenvalue weighted by Crippen LogP contribution is 2.34. The van der Waals surface area contributed by atoms with Gasteiger partial charge in [0, 0.05) is 19.0 Å². The molecule has 1 heterocycles. The Morgan fingerprint density at radius 1 is 1.12 bits per heavy atom. The Kier molecular flexibility index (Phi) is 5.36. The van der Waals surface area contributed by atoms with Gasteiger partial charge in [-0.25, -0.2) is 0 Å². The van der Waals surface area contributed by atoms with E-state index in [0.29, 0.717) is 37.4 Å². The summed E-state index contributed by atoms with van der Waals surface area (Å²) in [5.41, 5.74) is 5.52. The van der Waals surface area contributed by atoms with Crippen LogP contribution in [0.2, 0.25) is 0 Å². The summed E-state index contributed by atoms with van der Waals surface area (Å²) in [6.45, 7) is 4.92. The Hall–Kier alpha value is -2.24. The van der Waals surface area contributed by atoms with Gasteiger partial charge in [-0.2, -0.15) is 0 Å². The molecule has 0 aromatic heterocycles. The molecule has 6 nitrogen and oxygen atoms in total. The van der Waals surface area contributed by atoms with Crippen LogP contribution >= 0.6 is 0 Å². The predicted octanol–water partition coefficient (Wildman–Crippen LogP) is 1.71. The number of hydrogen-bond donors (Lipinski definition) is 1. The second kappa shape index (κ2) is 7.11. The highest BCUT2D eigenvalue weighted by atomic mass is 16.5. The summed E-state index contributed by atoms with van der Waals surface area (Å²) in [7, 11) is 3.15. The number of carbonyl (C=O) groups excluding carboxylic acids is 2. The first-order chi connectivity index (χ1) is 11.3. The largest absolute Gasteiger partial charge is 0.493 e. The highest BCUT2D eigenvalue weighted by Gasteiger charge is 2.36. The third-order valence-corrected chi connectivity index (χ3v) is 4.82. The molecule has 0 spiro atoms. The van der Waals surface area contributed by atoms with Gasteiger partial charge < -0.3 is 20.1 Å². The number of piperidine rings is 1. The van der Waals surface area contributed by atoms with Crippen molar-refractivity contribution in [2.45, 2.75) is 32.1 Å². The van der Waals surface area contributed by atoms with Gasteiger partial charge in [0.15, 0.2) is 11.5 Å². The van der Waals surface area contributed by atoms with Crippen molar-refractivity contribution < 1.29 is 19.1 Å². The molecule has 1 fully saturated rings. The minimum atomic E-state index is -0.695. The molecule has 0 saturated carbocycles. The number of hydrogen-bond acceptors (Lipinski definition) is 4. The molecule has 0 aliphatic carbocycles. The van der Waals surface area contributed by atoms with E-state index in [1.165, 1.54) is 0 Å². The summed E-state index contributed by atoms with van der Waals surface area (Å²) in [4.78, 5) is 26.1. The van der Waals surface area contributed by atoms with E-state index < -0.39 is 5.41 Å². The number of carbonyl (C=O) groups is 2. The number of rotatable bonds is 5. The maximum absolute atomic E-state index is 13.0. The fourth-order valence-electron chi connectivity index (χ4n) is 3.11. The lowest BCUT2D eigenvalue weighted by atomic mass is 9.82. The lowest BCUT2D eigenvalue weighted by molar-refractivity contribution is -0.139. The molecule has 24 heavy (non-hydrogen) atoms. The molecule has 0 atom stereocenters. The van der Waals surface area contributed by atoms with Crippen molar-refractivity contribution >= 4 is 11.8 Å². The van der Waals surface area contributed by atoms with Gasteiger partial charge >= 0.3 is 0 Å². The molecule has 1 aromatic carbocycles. The van der Waals surface area contributed by atoms with Crippen LogP contribution in [0.15, 0.2) is 18.2 Å². The molecule has 1 aliphatic heterocycles. The van der Waals surface area contributed by atoms with Gasteiger partial charge in [-0.3, -0.25) is 9.59 Å². The first-order valence-corrected chi connectivity index (χ1v) is 8.12. The zero-order chi connectivity index (χ0) is 17.9. The van der Waals surface area contributed by atoms with Crippen LogP contribution in [-0.4, -0.2) is 44.0 Å². The molecule has 1 aromatic rings. The minimum absolute atomic E-state index is 0.0395. The first kappa shape index (κ1) is 18.1. The Morgan fingerprint density at radius 2 is 1.71 bits per heavy atom. The Morgan fingerprint density at radius 3 is 2.21 bits per heavy atom. The van der Waals surface area contributed by atoms with Gasteiger partial charge in [-0.15, -0.1) is 0 Å². The third-order valence-electron chi connectivity index (χ3n) is 4.82. The smallest absolute Gasteiger partial charge is 0.232 e. The van der Waals surface area contributed by atoms with Gasteiger partial charge in [-0.1, -0.05) is 6.07 Å². The molecule has 0 bridgehead atoms. The second-order valence-corrected chi connectivity index (χ2v) is 6.66. The van der Waals surface area contributed by atoms with Gasteiger partial charge in [0.05, 0.1) is 19.6 Å². The zero-order valence-electron chi connectivity index (χ0n) is 14.8. The van der Waals surface area contributed by atoms with Crippen LogP contribution in [0.1, 0.15) is 32.3 Å². The van der Waals surface area contributed by atoms with Crippen LogP contribution in [-0.2, 0) is 15.0 Å². The number of nitrogens with zero attached hydrogens (tertiary/aromatic N) is 1. The van der Waals surface area contributed by atoms with Crippen molar-refractivity contribution in [1.82, 2.24) is 4.90 Å². The summed E-state index contributed by atoms with van der Waals surface area (Å²) in [6.07, 6.45) is 1.26. The number of ether oxygens (including phenoxy) is 2. The standard InChI is InChI=1S/C18H26N2O4/c1-18(2,13-5-6-14(23-3)15(11-13)24-4)17(22)20-9-7-12(8-10-20)16(19)21/h5-6,11-12H,7-10H2,1-4H3,(H2,19,21). The lowest BCUT2D eigenvalue weighted by Gasteiger charge is -2.36. The van der Waals surface area contributed by atoms with E-state index in [4.69, 9.17) is 15.2 Å². The topological polar surface area (TPSA) is 81.9 Å². The Balaban J connectivity index is 2.17. The van der Waals surface area contributed by atoms with E-state index in [1.807, 2.05) is 36.9 Å². The molecule has 2 rings (SSSR count). The van der Waals surface area contributed by atoms with Gasteiger partial charge in [-0.05, 0) is 44.4 Å². The zero-order valence-corrected chi connectivity index (χ0v) is 14.8. The van der Waals surface area contributed by atoms with E-state index >= 15 is 0 Å². The fraction of sp³-hybridized carbons (Fsp3) is 0.556. The van der Waals surface area contributed by atoms with Crippen LogP contribution < -0.4 is 15.2 Å². The normalized spacial score (nSPS) is 15.9. The number of benzene rings is 1. The quantitative estimate of drug-likeness (QED) is 0.888. The van der Waals surface area contributed by atoms with Crippen molar-refractivity contribution in [3.05, 3.63) is 23.8 Å². The van der Waals surface area contributed by atoms with E-state index in [9.17, 15) is 9.59 Å². The van der Waals surface area contributed by atoms with E-state index in [2.05, 4.69) is 0 Å². The van der Waals surface area contributed by atoms with Crippen LogP contribution in [0.4, 0.5) is 0 Å². The molecule has 0 unspecified atom stereocenters. The Bertz CT molecular complexity index is 619. The maximum Gasteiger partial charge on any atom is 0.232 e. The molecular formula is C18H26N2O4. The average Bonchev–Trinajstić information content (AvgIpc) is 2.60. The van der Waals surface area contributed by atoms with Crippen LogP contribution in [0.25, 0.3) is 0 Å². The van der Waals surface area contributed by atoms with Gasteiger partial charge in [0.2, 0.25) is 11.8 Å². The lowest BCUT2D eigenvalue weighted by Crippen LogP contribution is -2.48. The summed E-state index contributed by atoms with van der Waals surface area (Å²) < 4.78 is 10.6. The monoisotopic (exact) mass is 334 g/mol. The average molecular weight is 334 g/mol. The highest BCUT2D eigenvalue weighted by molar-refractivity contribution is 5.88. The van der Waals surface area contributed by atoms with Crippen LogP contribution in [0.5, 0.6) is 11.5 Å². The molecule has 0 radical (unpaired) electrons. The fourth-order valence-corrected chi connectivity index (χ4v) is 3.11. The van der Waals surface area contributed by atoms with Crippen molar-refractivity contribution in [2.75, 3.05) is 27.3 Å². The molecular weight excluding hydrogens is 308 g/mol. The number of amides is 2. The maximum atomic E-state index is 13.0. The summed E-state index contributed by atoms with van der Waals surface area (Å²) in [5, 5.41) is 0. The van der Waals surface area contributed by atoms with E-state index in [0.717, 1.165) is 5.56 Å². The van der Waals surface area contributed by atoms with E-state index in [-0.39, 0.29) is 17.7 Å². The predicted molar refractivity (Wildman–Crippen MR) is 91.1 cm³/mol. The number of methoxy groups -OCH3 is 2. The van der Waals surface area contributed by atoms with Crippen molar-refractivity contribution in [3.63, 3.8) is 0 Å². The molecule has 1 aliphatic rings. The first-order valence-electron chi connectivity index (χ1n) is 8.12. The van der Waals surface area contributed by atoms with Crippen molar-refractivity contribution in [1.29, 1.82) is 0 Å². The minimum Gasteiger partial charge on any atom is -0.493 e. The molecule has 1 saturated heterocycles. The molecule has 132 valence electrons. The third kappa shape index (κ3) is 3.47. The van der Waals surface area contributed by atoms with Crippen LogP contribution in [0, 0.1) is 5.92 Å². The van der Waals surface area contributed by atoms with Gasteiger partial charge in [0.1, 0.15) is 0 Å². The number of primary amides is 1. The summed E-state index contributed by atoms with van der Waals surface area (Å²) >= 11 is 0. The SMILES string of the molecule is COc1ccc(C(C)(C)C(=O)N2CCC(C(N)=O)CC2)cc1OC. The molecule has 2 N–H and O–H groups in total. The Labute approximate surface area is 142 Å². The van der Waals surface area contributed by atoms with E-state index in [1.54, 1.807) is 14.2 Å². The summed E-state index contributed by atoms with van der Waals surface area (Å²) in [6, 6.07) is 5.53. The van der Waals surface area contributed by atoms with Gasteiger partial charge in [0.25, 0.3) is 0 Å². The number of likely N-dealkylation sites (tertiary alicyclic amines) is 1. The van der Waals surface area contributed by atoms with Crippen LogP contribution in [0.3, 0.4) is 0 Å². The second-order valence-electron chi connectivity index (χ2n) is 6.66. The van der Waals surface area contributed by atoms with Crippen molar-refractivity contribution in [2.24, 2.45) is 11.7 Å². The molecule has 2 amide bonds. The van der Waals surface area contributed by atoms with Crippen molar-refractivity contribution in [3.8, 4) is 11.5 Å². The summed E-state index contributed by atoms with van der Waals surface area (Å²) in [5.74, 6) is 0.868. The number of nitrogens with two attached hydrogens (primary N) is 1. The molecule has 6 heteroatoms.